The number of sulfone groups is 1. The van der Waals surface area contributed by atoms with Crippen molar-refractivity contribution >= 4 is 27.4 Å². The van der Waals surface area contributed by atoms with E-state index in [1.54, 1.807) is 10.7 Å². The number of aryl methyl sites for hydroxylation is 1. The van der Waals surface area contributed by atoms with Crippen LogP contribution in [0.4, 0.5) is 16.3 Å². The molecular formula is C34H41N5O3S. The van der Waals surface area contributed by atoms with Crippen LogP contribution in [0.3, 0.4) is 0 Å². The first-order chi connectivity index (χ1) is 20.5. The number of carbonyl (C=O) groups excluding carboxylic acids is 1. The van der Waals surface area contributed by atoms with Crippen LogP contribution in [0.1, 0.15) is 61.2 Å². The van der Waals surface area contributed by atoms with E-state index in [1.165, 1.54) is 0 Å². The van der Waals surface area contributed by atoms with Gasteiger partial charge in [0.1, 0.15) is 5.82 Å². The lowest BCUT2D eigenvalue weighted by molar-refractivity contribution is 0.262. The Morgan fingerprint density at radius 2 is 1.60 bits per heavy atom. The Morgan fingerprint density at radius 3 is 2.28 bits per heavy atom. The molecule has 0 spiro atoms. The van der Waals surface area contributed by atoms with Gasteiger partial charge in [-0.1, -0.05) is 87.0 Å². The number of carbonyl (C=O) groups is 1. The fourth-order valence-electron chi connectivity index (χ4n) is 5.63. The van der Waals surface area contributed by atoms with Gasteiger partial charge >= 0.3 is 6.03 Å². The van der Waals surface area contributed by atoms with Gasteiger partial charge in [0.05, 0.1) is 22.4 Å². The normalized spacial score (nSPS) is 15.2. The van der Waals surface area contributed by atoms with E-state index in [9.17, 15) is 13.2 Å². The minimum Gasteiger partial charge on any atom is -0.317 e. The minimum atomic E-state index is -3.62. The SMILES string of the molecule is Cc1ccc(-n2nc(C(C)(C)C)cc2NC(=O)Nc2ccccc2C(C2CCNCC2)S(=O)(=O)Cc2ccccc2)cc1. The van der Waals surface area contributed by atoms with E-state index < -0.39 is 21.1 Å². The van der Waals surface area contributed by atoms with Crippen LogP contribution in [0.5, 0.6) is 0 Å². The number of amides is 2. The number of hydrogen-bond donors (Lipinski definition) is 3. The summed E-state index contributed by atoms with van der Waals surface area (Å²) < 4.78 is 29.9. The van der Waals surface area contributed by atoms with Crippen molar-refractivity contribution in [3.05, 3.63) is 107 Å². The fourth-order valence-corrected chi connectivity index (χ4v) is 7.92. The number of para-hydroxylation sites is 1. The van der Waals surface area contributed by atoms with Gasteiger partial charge < -0.3 is 10.6 Å². The van der Waals surface area contributed by atoms with Crippen LogP contribution < -0.4 is 16.0 Å². The molecule has 8 nitrogen and oxygen atoms in total. The van der Waals surface area contributed by atoms with Crippen LogP contribution in [0, 0.1) is 12.8 Å². The molecule has 2 amide bonds. The molecule has 3 aromatic carbocycles. The summed E-state index contributed by atoms with van der Waals surface area (Å²) in [4.78, 5) is 13.5. The number of aromatic nitrogens is 2. The highest BCUT2D eigenvalue weighted by molar-refractivity contribution is 7.90. The summed E-state index contributed by atoms with van der Waals surface area (Å²) in [6.45, 7) is 9.77. The smallest absolute Gasteiger partial charge is 0.317 e. The van der Waals surface area contributed by atoms with Crippen LogP contribution in [0.15, 0.2) is 84.9 Å². The molecule has 226 valence electrons. The first-order valence-corrected chi connectivity index (χ1v) is 16.5. The van der Waals surface area contributed by atoms with Crippen LogP contribution in [0.2, 0.25) is 0 Å². The lowest BCUT2D eigenvalue weighted by Crippen LogP contribution is -2.34. The molecule has 0 bridgehead atoms. The number of rotatable bonds is 8. The van der Waals surface area contributed by atoms with Gasteiger partial charge in [-0.05, 0) is 68.1 Å². The summed E-state index contributed by atoms with van der Waals surface area (Å²) in [5.74, 6) is 0.391. The maximum atomic E-state index is 14.1. The van der Waals surface area contributed by atoms with Gasteiger partial charge in [-0.3, -0.25) is 5.32 Å². The highest BCUT2D eigenvalue weighted by atomic mass is 32.2. The summed E-state index contributed by atoms with van der Waals surface area (Å²) in [6, 6.07) is 25.9. The summed E-state index contributed by atoms with van der Waals surface area (Å²) in [7, 11) is -3.62. The van der Waals surface area contributed by atoms with Crippen molar-refractivity contribution in [2.75, 3.05) is 23.7 Å². The van der Waals surface area contributed by atoms with E-state index in [0.717, 1.165) is 48.4 Å². The molecule has 43 heavy (non-hydrogen) atoms. The molecule has 1 saturated heterocycles. The third-order valence-electron chi connectivity index (χ3n) is 7.92. The zero-order valence-corrected chi connectivity index (χ0v) is 26.1. The molecule has 1 aromatic heterocycles. The van der Waals surface area contributed by atoms with Crippen molar-refractivity contribution < 1.29 is 13.2 Å². The number of piperidine rings is 1. The van der Waals surface area contributed by atoms with E-state index >= 15 is 0 Å². The second kappa shape index (κ2) is 12.7. The number of nitrogens with zero attached hydrogens (tertiary/aromatic N) is 2. The molecule has 0 radical (unpaired) electrons. The summed E-state index contributed by atoms with van der Waals surface area (Å²) in [5.41, 5.74) is 4.41. The Kier molecular flexibility index (Phi) is 9.03. The van der Waals surface area contributed by atoms with Crippen molar-refractivity contribution in [2.24, 2.45) is 5.92 Å². The quantitative estimate of drug-likeness (QED) is 0.207. The number of urea groups is 1. The van der Waals surface area contributed by atoms with Crippen molar-refractivity contribution in [1.82, 2.24) is 15.1 Å². The lowest BCUT2D eigenvalue weighted by Gasteiger charge is -2.32. The van der Waals surface area contributed by atoms with E-state index in [0.29, 0.717) is 17.1 Å². The molecule has 1 atom stereocenters. The second-order valence-corrected chi connectivity index (χ2v) is 14.5. The van der Waals surface area contributed by atoms with Gasteiger partial charge in [-0.25, -0.2) is 17.9 Å². The lowest BCUT2D eigenvalue weighted by atomic mass is 9.89. The Hall–Kier alpha value is -3.95. The predicted octanol–water partition coefficient (Wildman–Crippen LogP) is 6.78. The zero-order chi connectivity index (χ0) is 30.6. The predicted molar refractivity (Wildman–Crippen MR) is 173 cm³/mol. The first kappa shape index (κ1) is 30.5. The van der Waals surface area contributed by atoms with Gasteiger partial charge in [0, 0.05) is 17.2 Å². The highest BCUT2D eigenvalue weighted by Crippen LogP contribution is 2.41. The van der Waals surface area contributed by atoms with Gasteiger partial charge in [0.2, 0.25) is 0 Å². The monoisotopic (exact) mass is 599 g/mol. The Bertz CT molecular complexity index is 1650. The zero-order valence-electron chi connectivity index (χ0n) is 25.3. The molecule has 1 aliphatic rings. The van der Waals surface area contributed by atoms with Gasteiger partial charge in [0.15, 0.2) is 9.84 Å². The molecule has 2 heterocycles. The Labute approximate surface area is 254 Å². The maximum absolute atomic E-state index is 14.1. The number of benzene rings is 3. The van der Waals surface area contributed by atoms with E-state index in [2.05, 4.69) is 36.7 Å². The van der Waals surface area contributed by atoms with Crippen LogP contribution in [-0.4, -0.2) is 37.3 Å². The molecule has 4 aromatic rings. The average molecular weight is 600 g/mol. The average Bonchev–Trinajstić information content (AvgIpc) is 3.39. The van der Waals surface area contributed by atoms with Crippen molar-refractivity contribution in [3.63, 3.8) is 0 Å². The number of nitrogens with one attached hydrogen (secondary N) is 3. The topological polar surface area (TPSA) is 105 Å². The number of hydrogen-bond acceptors (Lipinski definition) is 5. The van der Waals surface area contributed by atoms with Crippen LogP contribution >= 0.6 is 0 Å². The molecule has 3 N–H and O–H groups in total. The third kappa shape index (κ3) is 7.35. The molecule has 1 aliphatic heterocycles. The summed E-state index contributed by atoms with van der Waals surface area (Å²) in [5, 5.41) is 13.4. The fraction of sp³-hybridized carbons (Fsp3) is 0.353. The largest absolute Gasteiger partial charge is 0.324 e. The first-order valence-electron chi connectivity index (χ1n) is 14.8. The summed E-state index contributed by atoms with van der Waals surface area (Å²) in [6.07, 6.45) is 1.48. The Morgan fingerprint density at radius 1 is 0.953 bits per heavy atom. The highest BCUT2D eigenvalue weighted by Gasteiger charge is 2.37. The molecule has 9 heteroatoms. The molecule has 5 rings (SSSR count). The standard InChI is InChI=1S/C34H41N5O3S/c1-24-14-16-27(17-15-24)39-31(22-30(38-39)34(2,3)4)37-33(40)36-29-13-9-8-12-28(29)32(26-18-20-35-21-19-26)43(41,42)23-25-10-6-5-7-11-25/h5-17,22,26,32,35H,18-21,23H2,1-4H3,(H2,36,37,40). The van der Waals surface area contributed by atoms with Crippen molar-refractivity contribution in [3.8, 4) is 5.69 Å². The summed E-state index contributed by atoms with van der Waals surface area (Å²) >= 11 is 0. The number of anilines is 2. The maximum Gasteiger partial charge on any atom is 0.324 e. The van der Waals surface area contributed by atoms with Crippen LogP contribution in [0.25, 0.3) is 5.69 Å². The van der Waals surface area contributed by atoms with E-state index in [-0.39, 0.29) is 17.1 Å². The molecular weight excluding hydrogens is 558 g/mol. The van der Waals surface area contributed by atoms with E-state index in [4.69, 9.17) is 5.10 Å². The van der Waals surface area contributed by atoms with E-state index in [1.807, 2.05) is 85.8 Å². The molecule has 1 unspecified atom stereocenters. The van der Waals surface area contributed by atoms with Crippen molar-refractivity contribution in [2.45, 2.75) is 57.0 Å². The van der Waals surface area contributed by atoms with Gasteiger partial charge in [0.25, 0.3) is 0 Å². The van der Waals surface area contributed by atoms with Gasteiger partial charge in [-0.2, -0.15) is 5.10 Å². The van der Waals surface area contributed by atoms with Gasteiger partial charge in [-0.15, -0.1) is 0 Å². The minimum absolute atomic E-state index is 0.0612. The Balaban J connectivity index is 1.46. The molecule has 0 saturated carbocycles. The molecule has 0 aliphatic carbocycles. The third-order valence-corrected chi connectivity index (χ3v) is 10.1. The van der Waals surface area contributed by atoms with Crippen molar-refractivity contribution in [1.29, 1.82) is 0 Å². The van der Waals surface area contributed by atoms with Crippen LogP contribution in [-0.2, 0) is 21.0 Å². The second-order valence-electron chi connectivity index (χ2n) is 12.4. The molecule has 1 fully saturated rings.